The number of hydrogen-bond donors (Lipinski definition) is 2. The molecule has 0 saturated carbocycles. The van der Waals surface area contributed by atoms with E-state index in [2.05, 4.69) is 46.3 Å². The van der Waals surface area contributed by atoms with E-state index in [1.54, 1.807) is 37.8 Å². The van der Waals surface area contributed by atoms with Crippen molar-refractivity contribution in [2.24, 2.45) is 0 Å². The van der Waals surface area contributed by atoms with Gasteiger partial charge >= 0.3 is 0 Å². The summed E-state index contributed by atoms with van der Waals surface area (Å²) in [6.07, 6.45) is 0. The minimum atomic E-state index is -3.77. The summed E-state index contributed by atoms with van der Waals surface area (Å²) in [5, 5.41) is 12.0. The van der Waals surface area contributed by atoms with Crippen molar-refractivity contribution in [1.29, 1.82) is 0 Å². The minimum absolute atomic E-state index is 0.0616. The molecule has 7 nitrogen and oxygen atoms in total. The summed E-state index contributed by atoms with van der Waals surface area (Å²) >= 11 is 0. The van der Waals surface area contributed by atoms with Crippen LogP contribution in [-0.2, 0) is 37.8 Å². The van der Waals surface area contributed by atoms with Crippen molar-refractivity contribution >= 4 is 21.6 Å². The highest BCUT2D eigenvalue weighted by Crippen LogP contribution is 2.45. The fourth-order valence-corrected chi connectivity index (χ4v) is 6.26. The van der Waals surface area contributed by atoms with Gasteiger partial charge in [0.15, 0.2) is 5.60 Å². The predicted octanol–water partition coefficient (Wildman–Crippen LogP) is 5.54. The quantitative estimate of drug-likeness (QED) is 0.425. The second-order valence-electron chi connectivity index (χ2n) is 13.7. The predicted molar refractivity (Wildman–Crippen MR) is 159 cm³/mol. The highest BCUT2D eigenvalue weighted by Gasteiger charge is 2.51. The van der Waals surface area contributed by atoms with Crippen LogP contribution in [0.15, 0.2) is 65.6 Å². The van der Waals surface area contributed by atoms with Crippen molar-refractivity contribution in [1.82, 2.24) is 9.71 Å². The summed E-state index contributed by atoms with van der Waals surface area (Å²) in [5.74, 6) is -0.483. The summed E-state index contributed by atoms with van der Waals surface area (Å²) in [4.78, 5) is 20.7. The highest BCUT2D eigenvalue weighted by atomic mass is 32.2. The number of fused-ring (bicyclic) bond motifs is 1. The zero-order valence-electron chi connectivity index (χ0n) is 25.0. The number of aliphatic hydroxyl groups is 1. The van der Waals surface area contributed by atoms with Gasteiger partial charge < -0.3 is 10.0 Å². The van der Waals surface area contributed by atoms with Crippen molar-refractivity contribution in [3.05, 3.63) is 88.7 Å². The molecular weight excluding hydrogens is 522 g/mol. The third-order valence-electron chi connectivity index (χ3n) is 6.92. The van der Waals surface area contributed by atoms with Crippen LogP contribution in [0.4, 0.5) is 5.69 Å². The fourth-order valence-electron chi connectivity index (χ4n) is 4.84. The molecule has 0 saturated heterocycles. The number of pyridine rings is 1. The van der Waals surface area contributed by atoms with Gasteiger partial charge in [-0.2, -0.15) is 0 Å². The standard InChI is InChI=1S/C32H41N3O4S/c1-29(2,3)26-18-21(19-27(33-26)30(4,5)6)20-35-25-13-11-10-12-24(25)32(37,28(35)36)22-14-16-23(17-15-22)40(38,39)34-31(7,8)9/h10-19,34,37H,20H2,1-9H3. The molecule has 214 valence electrons. The van der Waals surface area contributed by atoms with Crippen LogP contribution in [0, 0.1) is 0 Å². The molecule has 1 aromatic heterocycles. The second kappa shape index (κ2) is 9.79. The lowest BCUT2D eigenvalue weighted by Crippen LogP contribution is -2.41. The van der Waals surface area contributed by atoms with Gasteiger partial charge in [-0.1, -0.05) is 71.9 Å². The van der Waals surface area contributed by atoms with Crippen molar-refractivity contribution in [3.8, 4) is 0 Å². The summed E-state index contributed by atoms with van der Waals surface area (Å²) in [6.45, 7) is 18.2. The van der Waals surface area contributed by atoms with E-state index in [-0.39, 0.29) is 22.3 Å². The van der Waals surface area contributed by atoms with E-state index in [0.717, 1.165) is 17.0 Å². The molecule has 2 N–H and O–H groups in total. The Bertz CT molecular complexity index is 1510. The van der Waals surface area contributed by atoms with Crippen molar-refractivity contribution in [3.63, 3.8) is 0 Å². The monoisotopic (exact) mass is 563 g/mol. The lowest BCUT2D eigenvalue weighted by molar-refractivity contribution is -0.132. The van der Waals surface area contributed by atoms with Crippen LogP contribution in [0.5, 0.6) is 0 Å². The smallest absolute Gasteiger partial charge is 0.268 e. The number of amides is 1. The van der Waals surface area contributed by atoms with Gasteiger partial charge in [0.1, 0.15) is 0 Å². The average Bonchev–Trinajstić information content (AvgIpc) is 3.04. The Hall–Kier alpha value is -3.07. The van der Waals surface area contributed by atoms with Crippen LogP contribution in [0.2, 0.25) is 0 Å². The van der Waals surface area contributed by atoms with E-state index in [9.17, 15) is 18.3 Å². The first-order valence-electron chi connectivity index (χ1n) is 13.5. The molecule has 4 rings (SSSR count). The largest absolute Gasteiger partial charge is 0.372 e. The van der Waals surface area contributed by atoms with Gasteiger partial charge in [-0.15, -0.1) is 0 Å². The van der Waals surface area contributed by atoms with Gasteiger partial charge in [-0.05, 0) is 62.2 Å². The first-order valence-corrected chi connectivity index (χ1v) is 15.0. The van der Waals surface area contributed by atoms with E-state index in [1.807, 2.05) is 24.3 Å². The summed E-state index contributed by atoms with van der Waals surface area (Å²) in [6, 6.07) is 17.1. The number of carbonyl (C=O) groups is 1. The van der Waals surface area contributed by atoms with E-state index in [4.69, 9.17) is 4.98 Å². The molecule has 40 heavy (non-hydrogen) atoms. The lowest BCUT2D eigenvalue weighted by Gasteiger charge is -2.27. The third kappa shape index (κ3) is 5.71. The molecule has 3 aromatic rings. The maximum Gasteiger partial charge on any atom is 0.268 e. The van der Waals surface area contributed by atoms with Gasteiger partial charge in [0.25, 0.3) is 5.91 Å². The van der Waals surface area contributed by atoms with Crippen LogP contribution >= 0.6 is 0 Å². The minimum Gasteiger partial charge on any atom is -0.372 e. The number of nitrogens with zero attached hydrogens (tertiary/aromatic N) is 2. The van der Waals surface area contributed by atoms with Crippen molar-refractivity contribution in [2.45, 2.75) is 95.7 Å². The Morgan fingerprint density at radius 3 is 1.88 bits per heavy atom. The molecular formula is C32H41N3O4S. The molecule has 0 fully saturated rings. The van der Waals surface area contributed by atoms with Gasteiger partial charge in [-0.25, -0.2) is 13.1 Å². The maximum absolute atomic E-state index is 14.1. The zero-order valence-corrected chi connectivity index (χ0v) is 25.8. The van der Waals surface area contributed by atoms with E-state index < -0.39 is 27.1 Å². The second-order valence-corrected chi connectivity index (χ2v) is 15.4. The number of aromatic nitrogens is 1. The average molecular weight is 564 g/mol. The molecule has 2 aromatic carbocycles. The van der Waals surface area contributed by atoms with Gasteiger partial charge in [0.2, 0.25) is 10.0 Å². The molecule has 0 spiro atoms. The molecule has 0 aliphatic carbocycles. The Morgan fingerprint density at radius 2 is 1.38 bits per heavy atom. The van der Waals surface area contributed by atoms with Crippen LogP contribution in [-0.4, -0.2) is 30.0 Å². The van der Waals surface area contributed by atoms with Crippen LogP contribution in [0.25, 0.3) is 0 Å². The van der Waals surface area contributed by atoms with Crippen molar-refractivity contribution in [2.75, 3.05) is 4.90 Å². The van der Waals surface area contributed by atoms with Crippen LogP contribution in [0.3, 0.4) is 0 Å². The molecule has 1 aliphatic heterocycles. The SMILES string of the molecule is CC(C)(C)NS(=O)(=O)c1ccc(C2(O)C(=O)N(Cc3cc(C(C)(C)C)nc(C(C)(C)C)c3)c3ccccc32)cc1. The fraction of sp³-hybridized carbons (Fsp3) is 0.438. The van der Waals surface area contributed by atoms with Crippen molar-refractivity contribution < 1.29 is 18.3 Å². The lowest BCUT2D eigenvalue weighted by atomic mass is 9.86. The number of anilines is 1. The van der Waals surface area contributed by atoms with E-state index >= 15 is 0 Å². The Labute approximate surface area is 238 Å². The zero-order chi connectivity index (χ0) is 29.9. The molecule has 2 heterocycles. The highest BCUT2D eigenvalue weighted by molar-refractivity contribution is 7.89. The molecule has 0 bridgehead atoms. The number of nitrogens with one attached hydrogen (secondary N) is 1. The topological polar surface area (TPSA) is 99.6 Å². The maximum atomic E-state index is 14.1. The number of sulfonamides is 1. The summed E-state index contributed by atoms with van der Waals surface area (Å²) < 4.78 is 28.3. The first kappa shape index (κ1) is 29.9. The first-order chi connectivity index (χ1) is 18.2. The Kier molecular flexibility index (Phi) is 7.32. The summed E-state index contributed by atoms with van der Waals surface area (Å²) in [5.41, 5.74) is 1.20. The van der Waals surface area contributed by atoms with Gasteiger partial charge in [0.05, 0.1) is 17.1 Å². The van der Waals surface area contributed by atoms with E-state index in [1.165, 1.54) is 24.3 Å². The number of para-hydroxylation sites is 1. The van der Waals surface area contributed by atoms with Gasteiger partial charge in [-0.3, -0.25) is 9.78 Å². The molecule has 1 aliphatic rings. The number of rotatable bonds is 5. The van der Waals surface area contributed by atoms with Crippen LogP contribution in [0.1, 0.15) is 90.4 Å². The molecule has 1 atom stereocenters. The number of benzene rings is 2. The number of carbonyl (C=O) groups excluding carboxylic acids is 1. The normalized spacial score (nSPS) is 18.2. The third-order valence-corrected chi connectivity index (χ3v) is 8.70. The molecule has 8 heteroatoms. The number of hydrogen-bond acceptors (Lipinski definition) is 5. The summed E-state index contributed by atoms with van der Waals surface area (Å²) in [7, 11) is -3.77. The van der Waals surface area contributed by atoms with Crippen LogP contribution < -0.4 is 9.62 Å². The molecule has 1 amide bonds. The molecule has 1 unspecified atom stereocenters. The van der Waals surface area contributed by atoms with E-state index in [0.29, 0.717) is 16.8 Å². The van der Waals surface area contributed by atoms with Gasteiger partial charge in [0, 0.05) is 33.3 Å². The molecule has 0 radical (unpaired) electrons. The Morgan fingerprint density at radius 1 is 0.850 bits per heavy atom. The Balaban J connectivity index is 1.76.